The van der Waals surface area contributed by atoms with Crippen molar-refractivity contribution < 1.29 is 0 Å². The van der Waals surface area contributed by atoms with E-state index in [9.17, 15) is 0 Å². The van der Waals surface area contributed by atoms with Crippen molar-refractivity contribution in [2.24, 2.45) is 0 Å². The van der Waals surface area contributed by atoms with E-state index in [1.165, 1.54) is 6.33 Å². The quantitative estimate of drug-likeness (QED) is 0.558. The van der Waals surface area contributed by atoms with Gasteiger partial charge < -0.3 is 5.32 Å². The zero-order chi connectivity index (χ0) is 11.9. The number of nitrogens with zero attached hydrogens (tertiary/aromatic N) is 3. The summed E-state index contributed by atoms with van der Waals surface area (Å²) in [4.78, 5) is 4.03. The molecule has 0 aliphatic heterocycles. The van der Waals surface area contributed by atoms with Crippen LogP contribution in [-0.4, -0.2) is 33.5 Å². The molecule has 0 fully saturated rings. The fourth-order valence-corrected chi connectivity index (χ4v) is 2.20. The van der Waals surface area contributed by atoms with Crippen LogP contribution in [0.2, 0.25) is 0 Å². The van der Waals surface area contributed by atoms with Crippen molar-refractivity contribution in [1.82, 2.24) is 20.5 Å². The maximum atomic E-state index is 9.11. The maximum absolute atomic E-state index is 9.11. The van der Waals surface area contributed by atoms with Crippen molar-refractivity contribution in [2.75, 3.05) is 12.8 Å². The average molecular weight is 239 g/mol. The molecule has 16 heavy (non-hydrogen) atoms. The Morgan fingerprint density at radius 3 is 3.00 bits per heavy atom. The molecule has 0 aromatic carbocycles. The molecule has 0 amide bonds. The van der Waals surface area contributed by atoms with E-state index in [0.717, 1.165) is 30.2 Å². The molecule has 1 aromatic heterocycles. The van der Waals surface area contributed by atoms with E-state index < -0.39 is 0 Å². The summed E-state index contributed by atoms with van der Waals surface area (Å²) in [6.45, 7) is 2.03. The number of H-pyrrole nitrogens is 1. The van der Waals surface area contributed by atoms with Crippen LogP contribution < -0.4 is 5.32 Å². The van der Waals surface area contributed by atoms with Gasteiger partial charge in [0, 0.05) is 5.75 Å². The molecule has 1 rings (SSSR count). The fraction of sp³-hybridized carbons (Fsp3) is 0.700. The van der Waals surface area contributed by atoms with E-state index in [1.807, 2.05) is 14.0 Å². The first-order valence-corrected chi connectivity index (χ1v) is 6.33. The Kier molecular flexibility index (Phi) is 5.29. The van der Waals surface area contributed by atoms with E-state index in [0.29, 0.717) is 0 Å². The van der Waals surface area contributed by atoms with Crippen LogP contribution >= 0.6 is 11.8 Å². The molecule has 0 aliphatic rings. The number of aromatic amines is 1. The summed E-state index contributed by atoms with van der Waals surface area (Å²) in [6.07, 6.45) is 4.17. The molecule has 0 saturated heterocycles. The molecule has 0 spiro atoms. The zero-order valence-corrected chi connectivity index (χ0v) is 10.5. The number of aromatic nitrogens is 3. The molecule has 1 atom stereocenters. The first kappa shape index (κ1) is 13.0. The Labute approximate surface area is 100 Å². The first-order valence-electron chi connectivity index (χ1n) is 5.34. The van der Waals surface area contributed by atoms with Gasteiger partial charge in [-0.25, -0.2) is 4.98 Å². The highest BCUT2D eigenvalue weighted by molar-refractivity contribution is 7.99. The molecule has 1 unspecified atom stereocenters. The van der Waals surface area contributed by atoms with Crippen LogP contribution in [0.25, 0.3) is 0 Å². The third-order valence-corrected chi connectivity index (χ3v) is 3.64. The second-order valence-electron chi connectivity index (χ2n) is 3.54. The third-order valence-electron chi connectivity index (χ3n) is 2.68. The van der Waals surface area contributed by atoms with Crippen LogP contribution in [0.15, 0.2) is 11.5 Å². The van der Waals surface area contributed by atoms with Gasteiger partial charge in [0.2, 0.25) is 0 Å². The maximum Gasteiger partial charge on any atom is 0.183 e. The molecular formula is C10H17N5S. The molecule has 0 bridgehead atoms. The van der Waals surface area contributed by atoms with Crippen molar-refractivity contribution in [3.8, 4) is 6.07 Å². The fourth-order valence-electron chi connectivity index (χ4n) is 1.48. The Balaban J connectivity index is 2.27. The largest absolute Gasteiger partial charge is 0.302 e. The van der Waals surface area contributed by atoms with Gasteiger partial charge in [-0.05, 0) is 26.3 Å². The van der Waals surface area contributed by atoms with Crippen molar-refractivity contribution >= 4 is 11.8 Å². The summed E-state index contributed by atoms with van der Waals surface area (Å²) in [5.41, 5.74) is -0.373. The summed E-state index contributed by atoms with van der Waals surface area (Å²) < 4.78 is 0. The van der Waals surface area contributed by atoms with Crippen molar-refractivity contribution in [3.05, 3.63) is 6.33 Å². The molecule has 88 valence electrons. The van der Waals surface area contributed by atoms with Gasteiger partial charge in [0.15, 0.2) is 5.16 Å². The number of nitrogens with one attached hydrogen (secondary N) is 2. The van der Waals surface area contributed by atoms with Gasteiger partial charge in [0.25, 0.3) is 0 Å². The second-order valence-corrected chi connectivity index (χ2v) is 4.62. The van der Waals surface area contributed by atoms with Crippen LogP contribution in [0.4, 0.5) is 0 Å². The van der Waals surface area contributed by atoms with Crippen molar-refractivity contribution in [1.29, 1.82) is 5.26 Å². The minimum Gasteiger partial charge on any atom is -0.302 e. The Morgan fingerprint density at radius 1 is 1.69 bits per heavy atom. The van der Waals surface area contributed by atoms with Gasteiger partial charge >= 0.3 is 0 Å². The lowest BCUT2D eigenvalue weighted by molar-refractivity contribution is 0.400. The zero-order valence-electron chi connectivity index (χ0n) is 9.66. The van der Waals surface area contributed by atoms with E-state index in [2.05, 4.69) is 26.6 Å². The number of hydrogen-bond acceptors (Lipinski definition) is 5. The van der Waals surface area contributed by atoms with Crippen LogP contribution in [0.3, 0.4) is 0 Å². The SMILES string of the molecule is CCC(C#N)(CCCSc1ncn[nH]1)NC. The minimum atomic E-state index is -0.373. The Hall–Kier alpha value is -1.06. The predicted octanol–water partition coefficient (Wildman–Crippen LogP) is 1.57. The first-order chi connectivity index (χ1) is 7.76. The van der Waals surface area contributed by atoms with E-state index in [4.69, 9.17) is 5.26 Å². The summed E-state index contributed by atoms with van der Waals surface area (Å²) in [7, 11) is 1.84. The number of hydrogen-bond donors (Lipinski definition) is 2. The average Bonchev–Trinajstić information content (AvgIpc) is 2.83. The van der Waals surface area contributed by atoms with Gasteiger partial charge in [0.05, 0.1) is 6.07 Å². The van der Waals surface area contributed by atoms with Crippen LogP contribution in [0.5, 0.6) is 0 Å². The van der Waals surface area contributed by atoms with Gasteiger partial charge in [0.1, 0.15) is 11.9 Å². The highest BCUT2D eigenvalue weighted by atomic mass is 32.2. The lowest BCUT2D eigenvalue weighted by Gasteiger charge is -2.24. The molecule has 1 aromatic rings. The Bertz CT molecular complexity index is 325. The summed E-state index contributed by atoms with van der Waals surface area (Å²) in [5.74, 6) is 0.945. The Morgan fingerprint density at radius 2 is 2.50 bits per heavy atom. The van der Waals surface area contributed by atoms with Crippen LogP contribution in [-0.2, 0) is 0 Å². The molecule has 1 heterocycles. The normalized spacial score (nSPS) is 14.3. The highest BCUT2D eigenvalue weighted by Gasteiger charge is 2.24. The van der Waals surface area contributed by atoms with E-state index in [-0.39, 0.29) is 5.54 Å². The van der Waals surface area contributed by atoms with Gasteiger partial charge in [-0.1, -0.05) is 18.7 Å². The molecule has 0 radical (unpaired) electrons. The van der Waals surface area contributed by atoms with Crippen molar-refractivity contribution in [3.63, 3.8) is 0 Å². The van der Waals surface area contributed by atoms with Gasteiger partial charge in [-0.3, -0.25) is 5.10 Å². The molecule has 6 heteroatoms. The number of rotatable bonds is 7. The molecule has 0 aliphatic carbocycles. The second kappa shape index (κ2) is 6.51. The third kappa shape index (κ3) is 3.51. The number of nitriles is 1. The van der Waals surface area contributed by atoms with E-state index >= 15 is 0 Å². The van der Waals surface area contributed by atoms with Crippen LogP contribution in [0, 0.1) is 11.3 Å². The lowest BCUT2D eigenvalue weighted by atomic mass is 9.93. The van der Waals surface area contributed by atoms with Gasteiger partial charge in [-0.15, -0.1) is 0 Å². The van der Waals surface area contributed by atoms with Crippen molar-refractivity contribution in [2.45, 2.75) is 36.9 Å². The monoisotopic (exact) mass is 239 g/mol. The summed E-state index contributed by atoms with van der Waals surface area (Å²) in [6, 6.07) is 2.35. The molecule has 0 saturated carbocycles. The smallest absolute Gasteiger partial charge is 0.183 e. The van der Waals surface area contributed by atoms with Gasteiger partial charge in [-0.2, -0.15) is 10.4 Å². The minimum absolute atomic E-state index is 0.373. The standard InChI is InChI=1S/C10H17N5S/c1-3-10(7-11,12-2)5-4-6-16-9-13-8-14-15-9/h8,12H,3-6H2,1-2H3,(H,13,14,15). The van der Waals surface area contributed by atoms with E-state index in [1.54, 1.807) is 11.8 Å². The molecular weight excluding hydrogens is 222 g/mol. The summed E-state index contributed by atoms with van der Waals surface area (Å²) in [5, 5.41) is 19.6. The topological polar surface area (TPSA) is 77.4 Å². The summed E-state index contributed by atoms with van der Waals surface area (Å²) >= 11 is 1.63. The molecule has 5 nitrogen and oxygen atoms in total. The molecule has 2 N–H and O–H groups in total. The number of thioether (sulfide) groups is 1. The highest BCUT2D eigenvalue weighted by Crippen LogP contribution is 2.19. The predicted molar refractivity (Wildman–Crippen MR) is 64.0 cm³/mol. The van der Waals surface area contributed by atoms with Crippen LogP contribution in [0.1, 0.15) is 26.2 Å². The lowest BCUT2D eigenvalue weighted by Crippen LogP contribution is -2.40.